The normalized spacial score (nSPS) is 9.33. The van der Waals surface area contributed by atoms with E-state index in [0.717, 1.165) is 0 Å². The summed E-state index contributed by atoms with van der Waals surface area (Å²) in [7, 11) is 0. The molecule has 0 fully saturated rings. The minimum Gasteiger partial charge on any atom is -1.00 e. The maximum atomic E-state index is 11.0. The first-order chi connectivity index (χ1) is 6.75. The summed E-state index contributed by atoms with van der Waals surface area (Å²) in [5, 5.41) is 0. The Hall–Kier alpha value is -1.88. The molecule has 2 rings (SSSR count). The van der Waals surface area contributed by atoms with Crippen LogP contribution in [0.5, 0.6) is 0 Å². The lowest BCUT2D eigenvalue weighted by atomic mass is 10.4. The van der Waals surface area contributed by atoms with Gasteiger partial charge in [-0.15, -0.1) is 0 Å². The van der Waals surface area contributed by atoms with Crippen LogP contribution in [0.2, 0.25) is 0 Å². The van der Waals surface area contributed by atoms with Gasteiger partial charge in [0.1, 0.15) is 0 Å². The quantitative estimate of drug-likeness (QED) is 0.492. The fourth-order valence-corrected chi connectivity index (χ4v) is 1.15. The van der Waals surface area contributed by atoms with Gasteiger partial charge in [-0.3, -0.25) is 9.78 Å². The number of pyridine rings is 1. The molecule has 0 amide bonds. The summed E-state index contributed by atoms with van der Waals surface area (Å²) in [6, 6.07) is 6.78. The highest BCUT2D eigenvalue weighted by molar-refractivity contribution is 5.05. The molecule has 0 aliphatic rings. The van der Waals surface area contributed by atoms with Gasteiger partial charge in [-0.05, 0) is 12.1 Å². The molecular formula is C9H8ClN3O2. The average Bonchev–Trinajstić information content (AvgIpc) is 2.18. The van der Waals surface area contributed by atoms with Crippen LogP contribution in [0, 0.1) is 0 Å². The van der Waals surface area contributed by atoms with Gasteiger partial charge >= 0.3 is 5.69 Å². The third-order valence-electron chi connectivity index (χ3n) is 1.74. The van der Waals surface area contributed by atoms with Crippen molar-refractivity contribution < 1.29 is 17.0 Å². The third-order valence-corrected chi connectivity index (χ3v) is 1.74. The Bertz CT molecular complexity index is 519. The smallest absolute Gasteiger partial charge is 0.413 e. The lowest BCUT2D eigenvalue weighted by Crippen LogP contribution is -3.00. The largest absolute Gasteiger partial charge is 1.00 e. The van der Waals surface area contributed by atoms with Crippen molar-refractivity contribution in [2.75, 3.05) is 0 Å². The molecule has 0 saturated heterocycles. The number of H-pyrrole nitrogens is 2. The first kappa shape index (κ1) is 11.2. The molecule has 6 heteroatoms. The van der Waals surface area contributed by atoms with Gasteiger partial charge < -0.3 is 12.4 Å². The fraction of sp³-hybridized carbons (Fsp3) is 0. The van der Waals surface area contributed by atoms with Crippen LogP contribution >= 0.6 is 0 Å². The van der Waals surface area contributed by atoms with Crippen molar-refractivity contribution in [1.82, 2.24) is 9.97 Å². The molecule has 2 aromatic heterocycles. The molecule has 15 heavy (non-hydrogen) atoms. The SMILES string of the molecule is O=c1cc(-[n+]2ccccc2)[nH]c(=O)[nH]1.[Cl-]. The standard InChI is InChI=1S/C9H7N3O2.ClH/c13-8-6-7(10-9(14)11-8)12-4-2-1-3-5-12;/h1-6H,(H-,10,11,13,14);1H. The van der Waals surface area contributed by atoms with E-state index in [1.54, 1.807) is 29.1 Å². The van der Waals surface area contributed by atoms with Crippen molar-refractivity contribution >= 4 is 0 Å². The zero-order chi connectivity index (χ0) is 9.97. The van der Waals surface area contributed by atoms with Crippen molar-refractivity contribution in [2.45, 2.75) is 0 Å². The molecular weight excluding hydrogens is 218 g/mol. The zero-order valence-electron chi connectivity index (χ0n) is 7.61. The molecule has 0 unspecified atom stereocenters. The van der Waals surface area contributed by atoms with E-state index in [0.29, 0.717) is 5.82 Å². The molecule has 78 valence electrons. The molecule has 0 spiro atoms. The van der Waals surface area contributed by atoms with Crippen LogP contribution in [0.3, 0.4) is 0 Å². The molecule has 5 nitrogen and oxygen atoms in total. The molecule has 0 atom stereocenters. The monoisotopic (exact) mass is 225 g/mol. The van der Waals surface area contributed by atoms with Gasteiger partial charge in [0.25, 0.3) is 11.4 Å². The number of hydrogen-bond donors (Lipinski definition) is 2. The van der Waals surface area contributed by atoms with Crippen molar-refractivity contribution in [3.8, 4) is 5.82 Å². The minimum absolute atomic E-state index is 0. The molecule has 0 aromatic carbocycles. The van der Waals surface area contributed by atoms with Gasteiger partial charge in [-0.2, -0.15) is 4.98 Å². The minimum atomic E-state index is -0.510. The van der Waals surface area contributed by atoms with Crippen molar-refractivity contribution in [3.05, 3.63) is 57.5 Å². The summed E-state index contributed by atoms with van der Waals surface area (Å²) in [6.45, 7) is 0. The summed E-state index contributed by atoms with van der Waals surface area (Å²) in [5.41, 5.74) is -0.927. The zero-order valence-corrected chi connectivity index (χ0v) is 8.36. The van der Waals surface area contributed by atoms with Crippen LogP contribution in [0.25, 0.3) is 5.82 Å². The number of aromatic amines is 2. The number of aromatic nitrogens is 3. The molecule has 0 bridgehead atoms. The van der Waals surface area contributed by atoms with Crippen LogP contribution in [-0.2, 0) is 0 Å². The van der Waals surface area contributed by atoms with Gasteiger partial charge in [0.05, 0.1) is 18.5 Å². The predicted molar refractivity (Wildman–Crippen MR) is 49.2 cm³/mol. The number of halogens is 1. The van der Waals surface area contributed by atoms with Gasteiger partial charge in [-0.25, -0.2) is 9.36 Å². The molecule has 0 radical (unpaired) electrons. The molecule has 0 saturated carbocycles. The van der Waals surface area contributed by atoms with Gasteiger partial charge in [0, 0.05) is 0 Å². The first-order valence-electron chi connectivity index (χ1n) is 4.06. The summed E-state index contributed by atoms with van der Waals surface area (Å²) in [6.07, 6.45) is 3.48. The molecule has 2 aromatic rings. The van der Waals surface area contributed by atoms with E-state index in [9.17, 15) is 9.59 Å². The highest BCUT2D eigenvalue weighted by Gasteiger charge is 2.05. The highest BCUT2D eigenvalue weighted by Crippen LogP contribution is 1.84. The van der Waals surface area contributed by atoms with E-state index in [2.05, 4.69) is 9.97 Å². The summed E-state index contributed by atoms with van der Waals surface area (Å²) >= 11 is 0. The van der Waals surface area contributed by atoms with E-state index in [1.165, 1.54) is 6.07 Å². The van der Waals surface area contributed by atoms with E-state index < -0.39 is 11.2 Å². The Balaban J connectivity index is 0.00000112. The molecule has 0 aliphatic heterocycles. The van der Waals surface area contributed by atoms with E-state index in [4.69, 9.17) is 0 Å². The lowest BCUT2D eigenvalue weighted by Gasteiger charge is -1.93. The Kier molecular flexibility index (Phi) is 3.41. The van der Waals surface area contributed by atoms with E-state index in [-0.39, 0.29) is 12.4 Å². The van der Waals surface area contributed by atoms with E-state index >= 15 is 0 Å². The second-order valence-corrected chi connectivity index (χ2v) is 2.76. The molecule has 2 heterocycles. The first-order valence-corrected chi connectivity index (χ1v) is 4.06. The number of rotatable bonds is 1. The predicted octanol–water partition coefficient (Wildman–Crippen LogP) is -3.66. The van der Waals surface area contributed by atoms with Crippen molar-refractivity contribution in [1.29, 1.82) is 0 Å². The topological polar surface area (TPSA) is 69.6 Å². The Morgan fingerprint density at radius 2 is 1.67 bits per heavy atom. The van der Waals surface area contributed by atoms with Crippen LogP contribution in [-0.4, -0.2) is 9.97 Å². The van der Waals surface area contributed by atoms with Crippen LogP contribution in [0.15, 0.2) is 46.2 Å². The van der Waals surface area contributed by atoms with Crippen LogP contribution in [0.1, 0.15) is 0 Å². The van der Waals surface area contributed by atoms with Crippen LogP contribution in [0.4, 0.5) is 0 Å². The van der Waals surface area contributed by atoms with E-state index in [1.807, 2.05) is 6.07 Å². The average molecular weight is 226 g/mol. The Morgan fingerprint density at radius 3 is 2.27 bits per heavy atom. The van der Waals surface area contributed by atoms with Crippen LogP contribution < -0.4 is 28.2 Å². The second kappa shape index (κ2) is 4.56. The Labute approximate surface area is 90.8 Å². The third kappa shape index (κ3) is 2.54. The molecule has 0 aliphatic carbocycles. The summed E-state index contributed by atoms with van der Waals surface area (Å²) in [5.74, 6) is 0.444. The maximum absolute atomic E-state index is 11.0. The van der Waals surface area contributed by atoms with Crippen molar-refractivity contribution in [2.24, 2.45) is 0 Å². The second-order valence-electron chi connectivity index (χ2n) is 2.76. The van der Waals surface area contributed by atoms with Gasteiger partial charge in [0.2, 0.25) is 0 Å². The number of nitrogens with zero attached hydrogens (tertiary/aromatic N) is 1. The fourth-order valence-electron chi connectivity index (χ4n) is 1.15. The number of hydrogen-bond acceptors (Lipinski definition) is 2. The molecule has 2 N–H and O–H groups in total. The summed E-state index contributed by atoms with van der Waals surface area (Å²) in [4.78, 5) is 26.6. The van der Waals surface area contributed by atoms with Gasteiger partial charge in [-0.1, -0.05) is 6.07 Å². The lowest BCUT2D eigenvalue weighted by molar-refractivity contribution is -0.599. The van der Waals surface area contributed by atoms with Crippen molar-refractivity contribution in [3.63, 3.8) is 0 Å². The number of nitrogens with one attached hydrogen (secondary N) is 2. The summed E-state index contributed by atoms with van der Waals surface area (Å²) < 4.78 is 1.65. The maximum Gasteiger partial charge on any atom is 0.413 e. The Morgan fingerprint density at radius 1 is 1.00 bits per heavy atom. The van der Waals surface area contributed by atoms with Gasteiger partial charge in [0.15, 0.2) is 0 Å². The highest BCUT2D eigenvalue weighted by atomic mass is 35.5.